The quantitative estimate of drug-likeness (QED) is 0.0659. The van der Waals surface area contributed by atoms with Crippen molar-refractivity contribution in [2.45, 2.75) is 83.9 Å². The largest absolute Gasteiger partial charge is 0.494 e. The third kappa shape index (κ3) is 11.9. The number of esters is 2. The summed E-state index contributed by atoms with van der Waals surface area (Å²) in [6, 6.07) is 21.2. The SMILES string of the molecule is CCCCCCOc1ccc(-c2ccc(C(=O)Oc3ccc(C=CC(=O)O[C@H](CCCCCC)C(F)(F)F)cc3)cc2)cc1. The van der Waals surface area contributed by atoms with E-state index in [2.05, 4.69) is 11.7 Å². The second-order valence-corrected chi connectivity index (χ2v) is 10.6. The molecular formula is C36H41F3O5. The van der Waals surface area contributed by atoms with E-state index >= 15 is 0 Å². The fraction of sp³-hybridized carbons (Fsp3) is 0.389. The number of alkyl halides is 3. The zero-order valence-corrected chi connectivity index (χ0v) is 25.4. The van der Waals surface area contributed by atoms with E-state index in [1.165, 1.54) is 37.5 Å². The Kier molecular flexibility index (Phi) is 14.0. The summed E-state index contributed by atoms with van der Waals surface area (Å²) in [5.41, 5.74) is 2.85. The average molecular weight is 611 g/mol. The van der Waals surface area contributed by atoms with Crippen molar-refractivity contribution in [2.75, 3.05) is 6.61 Å². The van der Waals surface area contributed by atoms with E-state index in [1.54, 1.807) is 24.3 Å². The van der Waals surface area contributed by atoms with Gasteiger partial charge in [0.05, 0.1) is 12.2 Å². The molecule has 0 unspecified atom stereocenters. The predicted octanol–water partition coefficient (Wildman–Crippen LogP) is 9.99. The highest BCUT2D eigenvalue weighted by atomic mass is 19.4. The van der Waals surface area contributed by atoms with E-state index in [9.17, 15) is 22.8 Å². The fourth-order valence-electron chi connectivity index (χ4n) is 4.46. The zero-order valence-electron chi connectivity index (χ0n) is 25.4. The third-order valence-electron chi connectivity index (χ3n) is 7.02. The lowest BCUT2D eigenvalue weighted by Crippen LogP contribution is -2.33. The van der Waals surface area contributed by atoms with Crippen molar-refractivity contribution >= 4 is 18.0 Å². The van der Waals surface area contributed by atoms with Gasteiger partial charge in [0.15, 0.2) is 6.10 Å². The van der Waals surface area contributed by atoms with Gasteiger partial charge in [-0.05, 0) is 78.4 Å². The van der Waals surface area contributed by atoms with E-state index in [1.807, 2.05) is 43.3 Å². The summed E-state index contributed by atoms with van der Waals surface area (Å²) >= 11 is 0. The Bertz CT molecular complexity index is 1310. The fourth-order valence-corrected chi connectivity index (χ4v) is 4.46. The van der Waals surface area contributed by atoms with Crippen LogP contribution in [0.5, 0.6) is 11.5 Å². The smallest absolute Gasteiger partial charge is 0.425 e. The number of halogens is 3. The Labute approximate surface area is 258 Å². The Morgan fingerprint density at radius 3 is 1.89 bits per heavy atom. The lowest BCUT2D eigenvalue weighted by Gasteiger charge is -2.19. The van der Waals surface area contributed by atoms with Gasteiger partial charge in [0.2, 0.25) is 0 Å². The standard InChI is InChI=1S/C36H41F3O5/c1-3-5-7-9-11-33(36(37,38)39)44-34(40)25-14-27-12-21-32(22-13-27)43-35(41)30-17-15-28(16-18-30)29-19-23-31(24-20-29)42-26-10-8-6-4-2/h12-25,33H,3-11,26H2,1-2H3/t33-/m1/s1. The summed E-state index contributed by atoms with van der Waals surface area (Å²) in [4.78, 5) is 24.7. The first-order valence-corrected chi connectivity index (χ1v) is 15.3. The molecule has 8 heteroatoms. The number of carbonyl (C=O) groups is 2. The molecule has 0 aliphatic carbocycles. The van der Waals surface area contributed by atoms with Crippen LogP contribution in [0, 0.1) is 0 Å². The summed E-state index contributed by atoms with van der Waals surface area (Å²) in [7, 11) is 0. The van der Waals surface area contributed by atoms with Gasteiger partial charge in [-0.3, -0.25) is 0 Å². The van der Waals surface area contributed by atoms with Crippen molar-refractivity contribution in [2.24, 2.45) is 0 Å². The minimum atomic E-state index is -4.62. The molecule has 0 aromatic heterocycles. The number of carbonyl (C=O) groups excluding carboxylic acids is 2. The Morgan fingerprint density at radius 1 is 0.727 bits per heavy atom. The van der Waals surface area contributed by atoms with Gasteiger partial charge in [0.1, 0.15) is 11.5 Å². The molecule has 0 radical (unpaired) electrons. The maximum absolute atomic E-state index is 13.2. The summed E-state index contributed by atoms with van der Waals surface area (Å²) < 4.78 is 55.7. The van der Waals surface area contributed by atoms with E-state index in [4.69, 9.17) is 9.47 Å². The molecule has 0 saturated carbocycles. The molecule has 3 rings (SSSR count). The number of ether oxygens (including phenoxy) is 3. The molecule has 0 amide bonds. The lowest BCUT2D eigenvalue weighted by molar-refractivity contribution is -0.220. The summed E-state index contributed by atoms with van der Waals surface area (Å²) in [5.74, 6) is -0.486. The Morgan fingerprint density at radius 2 is 1.30 bits per heavy atom. The molecule has 0 bridgehead atoms. The van der Waals surface area contributed by atoms with Crippen molar-refractivity contribution < 1.29 is 37.0 Å². The van der Waals surface area contributed by atoms with Crippen LogP contribution >= 0.6 is 0 Å². The second-order valence-electron chi connectivity index (χ2n) is 10.6. The van der Waals surface area contributed by atoms with Crippen LogP contribution in [0.25, 0.3) is 17.2 Å². The molecule has 0 aliphatic rings. The summed E-state index contributed by atoms with van der Waals surface area (Å²) in [5, 5.41) is 0. The van der Waals surface area contributed by atoms with Crippen molar-refractivity contribution in [3.63, 3.8) is 0 Å². The third-order valence-corrected chi connectivity index (χ3v) is 7.02. The van der Waals surface area contributed by atoms with Gasteiger partial charge in [-0.15, -0.1) is 0 Å². The van der Waals surface area contributed by atoms with Gasteiger partial charge >= 0.3 is 18.1 Å². The highest BCUT2D eigenvalue weighted by Crippen LogP contribution is 2.28. The maximum Gasteiger partial charge on any atom is 0.425 e. The molecule has 0 heterocycles. The molecule has 0 aliphatic heterocycles. The normalized spacial score (nSPS) is 12.2. The van der Waals surface area contributed by atoms with Crippen LogP contribution in [0.4, 0.5) is 13.2 Å². The number of rotatable bonds is 17. The van der Waals surface area contributed by atoms with E-state index in [-0.39, 0.29) is 12.2 Å². The second kappa shape index (κ2) is 17.9. The number of hydrogen-bond acceptors (Lipinski definition) is 5. The van der Waals surface area contributed by atoms with Crippen molar-refractivity contribution in [1.29, 1.82) is 0 Å². The molecule has 44 heavy (non-hydrogen) atoms. The minimum absolute atomic E-state index is 0.256. The maximum atomic E-state index is 13.2. The molecule has 0 fully saturated rings. The molecular weight excluding hydrogens is 569 g/mol. The molecule has 1 atom stereocenters. The number of benzene rings is 3. The molecule has 236 valence electrons. The van der Waals surface area contributed by atoms with Crippen LogP contribution in [-0.4, -0.2) is 30.8 Å². The van der Waals surface area contributed by atoms with Crippen LogP contribution in [0.1, 0.15) is 87.6 Å². The van der Waals surface area contributed by atoms with E-state index < -0.39 is 24.2 Å². The monoisotopic (exact) mass is 610 g/mol. The van der Waals surface area contributed by atoms with Crippen molar-refractivity contribution in [1.82, 2.24) is 0 Å². The highest BCUT2D eigenvalue weighted by Gasteiger charge is 2.41. The van der Waals surface area contributed by atoms with Gasteiger partial charge in [-0.25, -0.2) is 9.59 Å². The summed E-state index contributed by atoms with van der Waals surface area (Å²) in [6.07, 6.45) is 2.65. The average Bonchev–Trinajstić information content (AvgIpc) is 3.02. The number of unbranched alkanes of at least 4 members (excludes halogenated alkanes) is 6. The molecule has 0 saturated heterocycles. The first kappa shape index (κ1) is 34.4. The molecule has 3 aromatic rings. The topological polar surface area (TPSA) is 61.8 Å². The van der Waals surface area contributed by atoms with Crippen LogP contribution < -0.4 is 9.47 Å². The van der Waals surface area contributed by atoms with E-state index in [0.29, 0.717) is 30.6 Å². The van der Waals surface area contributed by atoms with Crippen LogP contribution in [0.15, 0.2) is 78.9 Å². The van der Waals surface area contributed by atoms with Crippen LogP contribution in [-0.2, 0) is 9.53 Å². The summed E-state index contributed by atoms with van der Waals surface area (Å²) in [6.45, 7) is 4.85. The van der Waals surface area contributed by atoms with E-state index in [0.717, 1.165) is 42.2 Å². The van der Waals surface area contributed by atoms with Crippen molar-refractivity contribution in [3.8, 4) is 22.6 Å². The molecule has 0 N–H and O–H groups in total. The van der Waals surface area contributed by atoms with Gasteiger partial charge in [-0.2, -0.15) is 13.2 Å². The van der Waals surface area contributed by atoms with Crippen molar-refractivity contribution in [3.05, 3.63) is 90.0 Å². The lowest BCUT2D eigenvalue weighted by atomic mass is 10.0. The van der Waals surface area contributed by atoms with Crippen LogP contribution in [0.2, 0.25) is 0 Å². The zero-order chi connectivity index (χ0) is 31.8. The molecule has 5 nitrogen and oxygen atoms in total. The first-order valence-electron chi connectivity index (χ1n) is 15.3. The van der Waals surface area contributed by atoms with Gasteiger partial charge in [0.25, 0.3) is 0 Å². The minimum Gasteiger partial charge on any atom is -0.494 e. The van der Waals surface area contributed by atoms with Gasteiger partial charge < -0.3 is 14.2 Å². The predicted molar refractivity (Wildman–Crippen MR) is 167 cm³/mol. The van der Waals surface area contributed by atoms with Crippen LogP contribution in [0.3, 0.4) is 0 Å². The van der Waals surface area contributed by atoms with Gasteiger partial charge in [0, 0.05) is 6.08 Å². The molecule has 0 spiro atoms. The van der Waals surface area contributed by atoms with Gasteiger partial charge in [-0.1, -0.05) is 88.8 Å². The highest BCUT2D eigenvalue weighted by molar-refractivity contribution is 5.91. The number of hydrogen-bond donors (Lipinski definition) is 0. The Balaban J connectivity index is 1.49. The molecule has 3 aromatic carbocycles. The Hall–Kier alpha value is -4.07. The first-order chi connectivity index (χ1) is 21.2.